The summed E-state index contributed by atoms with van der Waals surface area (Å²) in [7, 11) is 0. The van der Waals surface area contributed by atoms with Gasteiger partial charge in [-0.2, -0.15) is 0 Å². The van der Waals surface area contributed by atoms with Gasteiger partial charge < -0.3 is 10.2 Å². The highest BCUT2D eigenvalue weighted by Crippen LogP contribution is 2.19. The Balaban J connectivity index is 1.82. The first-order valence-electron chi connectivity index (χ1n) is 6.25. The lowest BCUT2D eigenvalue weighted by atomic mass is 10.1. The monoisotopic (exact) mass is 237 g/mol. The van der Waals surface area contributed by atoms with Crippen LogP contribution in [-0.2, 0) is 0 Å². The topological polar surface area (TPSA) is 28.2 Å². The van der Waals surface area contributed by atoms with Crippen molar-refractivity contribution in [3.63, 3.8) is 0 Å². The quantitative estimate of drug-likeness (QED) is 0.871. The van der Waals surface area contributed by atoms with E-state index in [4.69, 9.17) is 0 Å². The van der Waals surface area contributed by atoms with Crippen LogP contribution in [0.1, 0.15) is 20.3 Å². The molecule has 2 rings (SSSR count). The van der Waals surface area contributed by atoms with Crippen LogP contribution in [0.5, 0.6) is 0 Å². The first-order chi connectivity index (χ1) is 8.16. The number of hydrogen-bond acceptors (Lipinski definition) is 3. The minimum atomic E-state index is -0.272. The molecule has 1 aromatic heterocycles. The van der Waals surface area contributed by atoms with E-state index in [1.54, 1.807) is 12.3 Å². The van der Waals surface area contributed by atoms with Gasteiger partial charge in [-0.15, -0.1) is 0 Å². The van der Waals surface area contributed by atoms with E-state index in [1.165, 1.54) is 12.5 Å². The van der Waals surface area contributed by atoms with Crippen LogP contribution in [0.15, 0.2) is 18.3 Å². The molecule has 1 fully saturated rings. The molecule has 17 heavy (non-hydrogen) atoms. The van der Waals surface area contributed by atoms with Gasteiger partial charge in [0.15, 0.2) is 11.6 Å². The molecule has 0 amide bonds. The SMILES string of the molecule is CC(C)N1CCC(CNc2ncccc2F)C1. The number of halogens is 1. The Bertz CT molecular complexity index is 367. The third-order valence-corrected chi connectivity index (χ3v) is 3.36. The Morgan fingerprint density at radius 3 is 3.06 bits per heavy atom. The molecule has 1 aliphatic heterocycles. The fourth-order valence-electron chi connectivity index (χ4n) is 2.26. The van der Waals surface area contributed by atoms with Crippen molar-refractivity contribution in [3.8, 4) is 0 Å². The van der Waals surface area contributed by atoms with E-state index in [0.717, 1.165) is 19.6 Å². The number of aromatic nitrogens is 1. The molecule has 0 bridgehead atoms. The Kier molecular flexibility index (Phi) is 3.94. The Morgan fingerprint density at radius 1 is 1.59 bits per heavy atom. The summed E-state index contributed by atoms with van der Waals surface area (Å²) in [6.45, 7) is 7.48. The molecule has 0 radical (unpaired) electrons. The molecule has 0 saturated carbocycles. The van der Waals surface area contributed by atoms with Crippen molar-refractivity contribution in [1.82, 2.24) is 9.88 Å². The minimum absolute atomic E-state index is 0.272. The van der Waals surface area contributed by atoms with Crippen molar-refractivity contribution in [3.05, 3.63) is 24.1 Å². The van der Waals surface area contributed by atoms with Crippen molar-refractivity contribution in [2.75, 3.05) is 25.0 Å². The van der Waals surface area contributed by atoms with Crippen LogP contribution in [0.25, 0.3) is 0 Å². The van der Waals surface area contributed by atoms with Gasteiger partial charge in [0, 0.05) is 25.3 Å². The van der Waals surface area contributed by atoms with E-state index >= 15 is 0 Å². The third kappa shape index (κ3) is 3.16. The van der Waals surface area contributed by atoms with Gasteiger partial charge in [-0.05, 0) is 44.9 Å². The Hall–Kier alpha value is -1.16. The average Bonchev–Trinajstić information content (AvgIpc) is 2.77. The first kappa shape index (κ1) is 12.3. The Labute approximate surface area is 102 Å². The van der Waals surface area contributed by atoms with E-state index in [-0.39, 0.29) is 5.82 Å². The predicted octanol–water partition coefficient (Wildman–Crippen LogP) is 2.36. The Morgan fingerprint density at radius 2 is 2.41 bits per heavy atom. The lowest BCUT2D eigenvalue weighted by molar-refractivity contribution is 0.266. The summed E-state index contributed by atoms with van der Waals surface area (Å²) in [6.07, 6.45) is 2.79. The number of rotatable bonds is 4. The second-order valence-corrected chi connectivity index (χ2v) is 4.96. The molecule has 0 aliphatic carbocycles. The van der Waals surface area contributed by atoms with Crippen LogP contribution in [-0.4, -0.2) is 35.6 Å². The molecule has 94 valence electrons. The van der Waals surface area contributed by atoms with Crippen LogP contribution in [0.4, 0.5) is 10.2 Å². The minimum Gasteiger partial charge on any atom is -0.367 e. The van der Waals surface area contributed by atoms with E-state index in [9.17, 15) is 4.39 Å². The smallest absolute Gasteiger partial charge is 0.165 e. The molecular weight excluding hydrogens is 217 g/mol. The molecule has 4 heteroatoms. The number of nitrogens with one attached hydrogen (secondary N) is 1. The lowest BCUT2D eigenvalue weighted by Crippen LogP contribution is -2.29. The van der Waals surface area contributed by atoms with Crippen LogP contribution < -0.4 is 5.32 Å². The van der Waals surface area contributed by atoms with E-state index < -0.39 is 0 Å². The van der Waals surface area contributed by atoms with Crippen LogP contribution >= 0.6 is 0 Å². The molecular formula is C13H20FN3. The number of anilines is 1. The van der Waals surface area contributed by atoms with Gasteiger partial charge in [-0.1, -0.05) is 0 Å². The summed E-state index contributed by atoms with van der Waals surface area (Å²) >= 11 is 0. The largest absolute Gasteiger partial charge is 0.367 e. The molecule has 2 heterocycles. The molecule has 1 aliphatic rings. The lowest BCUT2D eigenvalue weighted by Gasteiger charge is -2.20. The van der Waals surface area contributed by atoms with Gasteiger partial charge >= 0.3 is 0 Å². The summed E-state index contributed by atoms with van der Waals surface area (Å²) in [4.78, 5) is 6.45. The second kappa shape index (κ2) is 5.45. The standard InChI is InChI=1S/C13H20FN3/c1-10(2)17-7-5-11(9-17)8-16-13-12(14)4-3-6-15-13/h3-4,6,10-11H,5,7-9H2,1-2H3,(H,15,16). The molecule has 0 aromatic carbocycles. The second-order valence-electron chi connectivity index (χ2n) is 4.96. The summed E-state index contributed by atoms with van der Waals surface area (Å²) < 4.78 is 13.3. The van der Waals surface area contributed by atoms with Crippen molar-refractivity contribution in [2.45, 2.75) is 26.3 Å². The first-order valence-corrected chi connectivity index (χ1v) is 6.25. The van der Waals surface area contributed by atoms with Crippen molar-refractivity contribution in [2.24, 2.45) is 5.92 Å². The van der Waals surface area contributed by atoms with Gasteiger partial charge in [0.05, 0.1) is 0 Å². The number of hydrogen-bond donors (Lipinski definition) is 1. The molecule has 1 unspecified atom stereocenters. The van der Waals surface area contributed by atoms with E-state index in [0.29, 0.717) is 17.8 Å². The van der Waals surface area contributed by atoms with Crippen molar-refractivity contribution < 1.29 is 4.39 Å². The highest BCUT2D eigenvalue weighted by molar-refractivity contribution is 5.35. The molecule has 1 atom stereocenters. The van der Waals surface area contributed by atoms with Crippen LogP contribution in [0, 0.1) is 11.7 Å². The van der Waals surface area contributed by atoms with E-state index in [2.05, 4.69) is 29.0 Å². The van der Waals surface area contributed by atoms with Crippen LogP contribution in [0.2, 0.25) is 0 Å². The molecule has 3 nitrogen and oxygen atoms in total. The number of nitrogens with zero attached hydrogens (tertiary/aromatic N) is 2. The maximum Gasteiger partial charge on any atom is 0.165 e. The number of likely N-dealkylation sites (tertiary alicyclic amines) is 1. The molecule has 1 aromatic rings. The van der Waals surface area contributed by atoms with E-state index in [1.807, 2.05) is 0 Å². The zero-order chi connectivity index (χ0) is 12.3. The van der Waals surface area contributed by atoms with Crippen LogP contribution in [0.3, 0.4) is 0 Å². The summed E-state index contributed by atoms with van der Waals surface area (Å²) in [5, 5.41) is 3.10. The maximum atomic E-state index is 13.3. The fraction of sp³-hybridized carbons (Fsp3) is 0.615. The third-order valence-electron chi connectivity index (χ3n) is 3.36. The average molecular weight is 237 g/mol. The summed E-state index contributed by atoms with van der Waals surface area (Å²) in [5.74, 6) is 0.695. The van der Waals surface area contributed by atoms with Gasteiger partial charge in [0.2, 0.25) is 0 Å². The highest BCUT2D eigenvalue weighted by atomic mass is 19.1. The predicted molar refractivity (Wildman–Crippen MR) is 67.5 cm³/mol. The van der Waals surface area contributed by atoms with Gasteiger partial charge in [0.25, 0.3) is 0 Å². The molecule has 1 saturated heterocycles. The zero-order valence-corrected chi connectivity index (χ0v) is 10.5. The van der Waals surface area contributed by atoms with Gasteiger partial charge in [0.1, 0.15) is 0 Å². The highest BCUT2D eigenvalue weighted by Gasteiger charge is 2.24. The van der Waals surface area contributed by atoms with Crippen molar-refractivity contribution >= 4 is 5.82 Å². The van der Waals surface area contributed by atoms with Gasteiger partial charge in [-0.25, -0.2) is 9.37 Å². The summed E-state index contributed by atoms with van der Waals surface area (Å²) in [5.41, 5.74) is 0. The molecule has 0 spiro atoms. The molecule has 1 N–H and O–H groups in total. The zero-order valence-electron chi connectivity index (χ0n) is 10.5. The summed E-state index contributed by atoms with van der Waals surface area (Å²) in [6, 6.07) is 3.65. The maximum absolute atomic E-state index is 13.3. The van der Waals surface area contributed by atoms with Crippen molar-refractivity contribution in [1.29, 1.82) is 0 Å². The fourth-order valence-corrected chi connectivity index (χ4v) is 2.26. The van der Waals surface area contributed by atoms with Gasteiger partial charge in [-0.3, -0.25) is 0 Å². The number of pyridine rings is 1. The normalized spacial score (nSPS) is 21.1.